The Morgan fingerprint density at radius 2 is 1.77 bits per heavy atom. The van der Waals surface area contributed by atoms with Crippen molar-refractivity contribution >= 4 is 17.4 Å². The standard InChI is InChI=1S/C22H23NO3/c1-4-26-21(25)18-19(23)17-11-10-15(12-16(17)13-22(18,2)3)20(24)14-8-6-5-7-9-14/h5-12H,4,13,23H2,1-3H3. The molecular weight excluding hydrogens is 326 g/mol. The highest BCUT2D eigenvalue weighted by molar-refractivity contribution is 6.09. The lowest BCUT2D eigenvalue weighted by Gasteiger charge is -2.34. The normalized spacial score (nSPS) is 15.3. The molecule has 4 heteroatoms. The molecule has 2 N–H and O–H groups in total. The average Bonchev–Trinajstić information content (AvgIpc) is 2.60. The van der Waals surface area contributed by atoms with Gasteiger partial charge in [0.15, 0.2) is 5.78 Å². The predicted molar refractivity (Wildman–Crippen MR) is 102 cm³/mol. The highest BCUT2D eigenvalue weighted by Gasteiger charge is 2.37. The van der Waals surface area contributed by atoms with Crippen LogP contribution in [0.1, 0.15) is 47.8 Å². The van der Waals surface area contributed by atoms with Crippen LogP contribution in [0.2, 0.25) is 0 Å². The molecule has 0 atom stereocenters. The molecule has 0 amide bonds. The van der Waals surface area contributed by atoms with Crippen LogP contribution in [0.15, 0.2) is 54.1 Å². The summed E-state index contributed by atoms with van der Waals surface area (Å²) in [5.74, 6) is -0.393. The number of esters is 1. The average molecular weight is 349 g/mol. The molecule has 26 heavy (non-hydrogen) atoms. The number of benzene rings is 2. The van der Waals surface area contributed by atoms with Crippen LogP contribution in [-0.2, 0) is 16.0 Å². The summed E-state index contributed by atoms with van der Waals surface area (Å²) in [6.07, 6.45) is 0.618. The lowest BCUT2D eigenvalue weighted by atomic mass is 9.71. The Bertz CT molecular complexity index is 895. The van der Waals surface area contributed by atoms with E-state index in [9.17, 15) is 9.59 Å². The molecule has 0 fully saturated rings. The summed E-state index contributed by atoms with van der Waals surface area (Å²) in [5.41, 5.74) is 9.87. The highest BCUT2D eigenvalue weighted by Crippen LogP contribution is 2.41. The first-order chi connectivity index (χ1) is 12.3. The largest absolute Gasteiger partial charge is 0.463 e. The smallest absolute Gasteiger partial charge is 0.336 e. The molecule has 0 aliphatic heterocycles. The molecule has 0 spiro atoms. The van der Waals surface area contributed by atoms with E-state index in [1.54, 1.807) is 25.1 Å². The monoisotopic (exact) mass is 349 g/mol. The van der Waals surface area contributed by atoms with Gasteiger partial charge in [-0.1, -0.05) is 56.3 Å². The summed E-state index contributed by atoms with van der Waals surface area (Å²) in [4.78, 5) is 25.1. The summed E-state index contributed by atoms with van der Waals surface area (Å²) in [6, 6.07) is 14.7. The molecule has 4 nitrogen and oxygen atoms in total. The Labute approximate surface area is 153 Å². The predicted octanol–water partition coefficient (Wildman–Crippen LogP) is 3.73. The van der Waals surface area contributed by atoms with Crippen molar-refractivity contribution in [1.29, 1.82) is 0 Å². The molecular formula is C22H23NO3. The third kappa shape index (κ3) is 3.15. The minimum Gasteiger partial charge on any atom is -0.463 e. The van der Waals surface area contributed by atoms with E-state index < -0.39 is 5.41 Å². The van der Waals surface area contributed by atoms with Crippen molar-refractivity contribution in [3.63, 3.8) is 0 Å². The van der Waals surface area contributed by atoms with Crippen LogP contribution in [0.25, 0.3) is 5.70 Å². The van der Waals surface area contributed by atoms with Gasteiger partial charge in [-0.15, -0.1) is 0 Å². The van der Waals surface area contributed by atoms with Gasteiger partial charge in [0.25, 0.3) is 0 Å². The quantitative estimate of drug-likeness (QED) is 0.674. The van der Waals surface area contributed by atoms with Crippen LogP contribution >= 0.6 is 0 Å². The van der Waals surface area contributed by atoms with Gasteiger partial charge in [-0.3, -0.25) is 4.79 Å². The minimum atomic E-state index is -0.461. The van der Waals surface area contributed by atoms with Gasteiger partial charge in [-0.05, 0) is 25.0 Å². The van der Waals surface area contributed by atoms with Crippen LogP contribution in [0.3, 0.4) is 0 Å². The number of carbonyl (C=O) groups is 2. The second-order valence-electron chi connectivity index (χ2n) is 7.14. The number of hydrogen-bond acceptors (Lipinski definition) is 4. The van der Waals surface area contributed by atoms with E-state index in [1.165, 1.54) is 0 Å². The molecule has 2 aromatic rings. The molecule has 3 rings (SSSR count). The molecule has 0 heterocycles. The summed E-state index contributed by atoms with van der Waals surface area (Å²) < 4.78 is 5.19. The summed E-state index contributed by atoms with van der Waals surface area (Å²) in [6.45, 7) is 6.03. The summed E-state index contributed by atoms with van der Waals surface area (Å²) in [5, 5.41) is 0. The van der Waals surface area contributed by atoms with Crippen molar-refractivity contribution in [2.45, 2.75) is 27.2 Å². The van der Waals surface area contributed by atoms with E-state index in [1.807, 2.05) is 44.2 Å². The second kappa shape index (κ2) is 6.79. The third-order valence-corrected chi connectivity index (χ3v) is 4.75. The molecule has 134 valence electrons. The SMILES string of the molecule is CCOC(=O)C1=C(N)c2ccc(C(=O)c3ccccc3)cc2CC1(C)C. The van der Waals surface area contributed by atoms with E-state index in [0.29, 0.717) is 35.4 Å². The molecule has 0 radical (unpaired) electrons. The zero-order valence-electron chi connectivity index (χ0n) is 15.3. The van der Waals surface area contributed by atoms with Gasteiger partial charge in [0.1, 0.15) is 0 Å². The third-order valence-electron chi connectivity index (χ3n) is 4.75. The van der Waals surface area contributed by atoms with E-state index in [2.05, 4.69) is 0 Å². The first kappa shape index (κ1) is 17.9. The maximum atomic E-state index is 12.7. The Morgan fingerprint density at radius 1 is 1.08 bits per heavy atom. The van der Waals surface area contributed by atoms with Gasteiger partial charge in [0.2, 0.25) is 0 Å². The van der Waals surface area contributed by atoms with Crippen LogP contribution in [0.4, 0.5) is 0 Å². The number of ketones is 1. The first-order valence-corrected chi connectivity index (χ1v) is 8.75. The molecule has 0 saturated carbocycles. The molecule has 0 unspecified atom stereocenters. The Morgan fingerprint density at radius 3 is 2.42 bits per heavy atom. The van der Waals surface area contributed by atoms with Crippen LogP contribution in [0.5, 0.6) is 0 Å². The molecule has 2 aromatic carbocycles. The topological polar surface area (TPSA) is 69.4 Å². The van der Waals surface area contributed by atoms with Crippen LogP contribution < -0.4 is 5.73 Å². The van der Waals surface area contributed by atoms with Gasteiger partial charge in [-0.25, -0.2) is 4.79 Å². The van der Waals surface area contributed by atoms with Gasteiger partial charge >= 0.3 is 5.97 Å². The van der Waals surface area contributed by atoms with Crippen LogP contribution in [0, 0.1) is 5.41 Å². The Balaban J connectivity index is 2.04. The molecule has 0 bridgehead atoms. The van der Waals surface area contributed by atoms with E-state index in [-0.39, 0.29) is 11.8 Å². The van der Waals surface area contributed by atoms with Crippen molar-refractivity contribution in [1.82, 2.24) is 0 Å². The Hall–Kier alpha value is -2.88. The number of ether oxygens (including phenoxy) is 1. The number of fused-ring (bicyclic) bond motifs is 1. The van der Waals surface area contributed by atoms with Gasteiger partial charge in [0, 0.05) is 22.1 Å². The first-order valence-electron chi connectivity index (χ1n) is 8.75. The minimum absolute atomic E-state index is 0.0232. The van der Waals surface area contributed by atoms with Crippen molar-refractivity contribution in [3.8, 4) is 0 Å². The van der Waals surface area contributed by atoms with Gasteiger partial charge in [0.05, 0.1) is 17.9 Å². The van der Waals surface area contributed by atoms with E-state index in [0.717, 1.165) is 11.1 Å². The highest BCUT2D eigenvalue weighted by atomic mass is 16.5. The fourth-order valence-electron chi connectivity index (χ4n) is 3.55. The van der Waals surface area contributed by atoms with Crippen molar-refractivity contribution < 1.29 is 14.3 Å². The number of rotatable bonds is 4. The molecule has 0 saturated heterocycles. The molecule has 0 aromatic heterocycles. The van der Waals surface area contributed by atoms with Crippen molar-refractivity contribution in [3.05, 3.63) is 76.4 Å². The lowest BCUT2D eigenvalue weighted by molar-refractivity contribution is -0.139. The van der Waals surface area contributed by atoms with Gasteiger partial charge < -0.3 is 10.5 Å². The fraction of sp³-hybridized carbons (Fsp3) is 0.273. The summed E-state index contributed by atoms with van der Waals surface area (Å²) >= 11 is 0. The zero-order chi connectivity index (χ0) is 18.9. The van der Waals surface area contributed by atoms with Crippen molar-refractivity contribution in [2.24, 2.45) is 11.1 Å². The maximum absolute atomic E-state index is 12.7. The van der Waals surface area contributed by atoms with Crippen LogP contribution in [-0.4, -0.2) is 18.4 Å². The van der Waals surface area contributed by atoms with Gasteiger partial charge in [-0.2, -0.15) is 0 Å². The fourth-order valence-corrected chi connectivity index (χ4v) is 3.55. The zero-order valence-corrected chi connectivity index (χ0v) is 15.3. The molecule has 1 aliphatic rings. The number of carbonyl (C=O) groups excluding carboxylic acids is 2. The second-order valence-corrected chi connectivity index (χ2v) is 7.14. The lowest BCUT2D eigenvalue weighted by Crippen LogP contribution is -2.32. The number of hydrogen-bond donors (Lipinski definition) is 1. The Kier molecular flexibility index (Phi) is 4.68. The summed E-state index contributed by atoms with van der Waals surface area (Å²) in [7, 11) is 0. The molecule has 1 aliphatic carbocycles. The van der Waals surface area contributed by atoms with E-state index in [4.69, 9.17) is 10.5 Å². The number of nitrogens with two attached hydrogens (primary N) is 1. The van der Waals surface area contributed by atoms with Crippen molar-refractivity contribution in [2.75, 3.05) is 6.61 Å². The van der Waals surface area contributed by atoms with E-state index >= 15 is 0 Å². The maximum Gasteiger partial charge on any atom is 0.336 e.